The molecular formula is C9H17F3N2. The zero-order chi connectivity index (χ0) is 10.6. The Bertz CT molecular complexity index is 170. The molecule has 1 fully saturated rings. The maximum atomic E-state index is 11.8. The first-order valence-electron chi connectivity index (χ1n) is 4.97. The van der Waals surface area contributed by atoms with E-state index in [9.17, 15) is 13.2 Å². The molecule has 1 N–H and O–H groups in total. The molecule has 1 atom stereocenters. The molecule has 0 spiro atoms. The Hall–Kier alpha value is -0.290. The Balaban J connectivity index is 2.09. The van der Waals surface area contributed by atoms with Gasteiger partial charge in [-0.05, 0) is 33.0 Å². The zero-order valence-electron chi connectivity index (χ0n) is 8.40. The van der Waals surface area contributed by atoms with Crippen LogP contribution in [0.4, 0.5) is 13.2 Å². The third kappa shape index (κ3) is 4.28. The highest BCUT2D eigenvalue weighted by Crippen LogP contribution is 2.22. The van der Waals surface area contributed by atoms with E-state index in [1.54, 1.807) is 0 Å². The Morgan fingerprint density at radius 3 is 2.64 bits per heavy atom. The molecule has 1 unspecified atom stereocenters. The van der Waals surface area contributed by atoms with Gasteiger partial charge in [0.25, 0.3) is 0 Å². The molecular weight excluding hydrogens is 193 g/mol. The lowest BCUT2D eigenvalue weighted by Crippen LogP contribution is -2.30. The summed E-state index contributed by atoms with van der Waals surface area (Å²) < 4.78 is 35.5. The van der Waals surface area contributed by atoms with E-state index < -0.39 is 12.6 Å². The minimum Gasteiger partial charge on any atom is -0.316 e. The molecule has 5 heteroatoms. The van der Waals surface area contributed by atoms with Crippen LogP contribution in [-0.4, -0.2) is 43.8 Å². The minimum atomic E-state index is -4.00. The van der Waals surface area contributed by atoms with Crippen molar-refractivity contribution in [3.8, 4) is 0 Å². The highest BCUT2D eigenvalue weighted by molar-refractivity contribution is 4.79. The maximum absolute atomic E-state index is 11.8. The molecule has 2 nitrogen and oxygen atoms in total. The normalized spacial score (nSPS) is 24.4. The summed E-state index contributed by atoms with van der Waals surface area (Å²) in [5.41, 5.74) is 0. The van der Waals surface area contributed by atoms with E-state index in [4.69, 9.17) is 0 Å². The predicted octanol–water partition coefficient (Wildman–Crippen LogP) is 1.62. The van der Waals surface area contributed by atoms with Crippen LogP contribution in [0.5, 0.6) is 0 Å². The van der Waals surface area contributed by atoms with Crippen molar-refractivity contribution in [1.29, 1.82) is 0 Å². The number of hydrogen-bond acceptors (Lipinski definition) is 2. The standard InChI is InChI=1S/C9H17F3N2/c1-13-8-3-6-14(7-8)5-2-4-9(10,11)12/h8,13H,2-7H2,1H3. The highest BCUT2D eigenvalue weighted by atomic mass is 19.4. The smallest absolute Gasteiger partial charge is 0.316 e. The third-order valence-corrected chi connectivity index (χ3v) is 2.62. The summed E-state index contributed by atoms with van der Waals surface area (Å²) in [6.07, 6.45) is -3.39. The van der Waals surface area contributed by atoms with Crippen molar-refractivity contribution in [1.82, 2.24) is 10.2 Å². The molecule has 0 aromatic rings. The Labute approximate surface area is 82.5 Å². The van der Waals surface area contributed by atoms with Gasteiger partial charge in [0.2, 0.25) is 0 Å². The lowest BCUT2D eigenvalue weighted by Gasteiger charge is -2.16. The van der Waals surface area contributed by atoms with Crippen LogP contribution in [0.2, 0.25) is 0 Å². The van der Waals surface area contributed by atoms with Gasteiger partial charge in [0, 0.05) is 19.0 Å². The van der Waals surface area contributed by atoms with Crippen molar-refractivity contribution >= 4 is 0 Å². The van der Waals surface area contributed by atoms with Gasteiger partial charge >= 0.3 is 6.18 Å². The Kier molecular flexibility index (Phi) is 4.19. The summed E-state index contributed by atoms with van der Waals surface area (Å²) in [7, 11) is 1.89. The molecule has 0 aromatic carbocycles. The molecule has 1 heterocycles. The van der Waals surface area contributed by atoms with Crippen molar-refractivity contribution in [2.45, 2.75) is 31.5 Å². The fraction of sp³-hybridized carbons (Fsp3) is 1.00. The third-order valence-electron chi connectivity index (χ3n) is 2.62. The first kappa shape index (κ1) is 11.8. The second-order valence-corrected chi connectivity index (χ2v) is 3.79. The van der Waals surface area contributed by atoms with Crippen molar-refractivity contribution in [3.05, 3.63) is 0 Å². The number of nitrogens with one attached hydrogen (secondary N) is 1. The first-order chi connectivity index (χ1) is 6.51. The molecule has 0 bridgehead atoms. The number of hydrogen-bond donors (Lipinski definition) is 1. The van der Waals surface area contributed by atoms with E-state index in [0.29, 0.717) is 12.6 Å². The molecule has 0 saturated carbocycles. The highest BCUT2D eigenvalue weighted by Gasteiger charge is 2.27. The Morgan fingerprint density at radius 2 is 2.14 bits per heavy atom. The van der Waals surface area contributed by atoms with Gasteiger partial charge in [-0.15, -0.1) is 0 Å². The second kappa shape index (κ2) is 4.98. The van der Waals surface area contributed by atoms with Crippen LogP contribution >= 0.6 is 0 Å². The summed E-state index contributed by atoms with van der Waals surface area (Å²) in [4.78, 5) is 2.09. The van der Waals surface area contributed by atoms with Crippen molar-refractivity contribution in [3.63, 3.8) is 0 Å². The van der Waals surface area contributed by atoms with E-state index in [-0.39, 0.29) is 6.42 Å². The number of alkyl halides is 3. The summed E-state index contributed by atoms with van der Waals surface area (Å²) in [5.74, 6) is 0. The summed E-state index contributed by atoms with van der Waals surface area (Å²) >= 11 is 0. The number of rotatable bonds is 4. The Morgan fingerprint density at radius 1 is 1.43 bits per heavy atom. The average Bonchev–Trinajstić information content (AvgIpc) is 2.50. The maximum Gasteiger partial charge on any atom is 0.389 e. The fourth-order valence-corrected chi connectivity index (χ4v) is 1.77. The van der Waals surface area contributed by atoms with Gasteiger partial charge in [0.05, 0.1) is 0 Å². The van der Waals surface area contributed by atoms with Crippen molar-refractivity contribution < 1.29 is 13.2 Å². The molecule has 1 saturated heterocycles. The van der Waals surface area contributed by atoms with Gasteiger partial charge in [-0.1, -0.05) is 0 Å². The molecule has 84 valence electrons. The van der Waals surface area contributed by atoms with Gasteiger partial charge in [-0.3, -0.25) is 0 Å². The van der Waals surface area contributed by atoms with Gasteiger partial charge in [-0.25, -0.2) is 0 Å². The molecule has 1 aliphatic heterocycles. The van der Waals surface area contributed by atoms with Crippen LogP contribution in [-0.2, 0) is 0 Å². The molecule has 14 heavy (non-hydrogen) atoms. The van der Waals surface area contributed by atoms with Crippen molar-refractivity contribution in [2.75, 3.05) is 26.7 Å². The van der Waals surface area contributed by atoms with E-state index in [2.05, 4.69) is 10.2 Å². The summed E-state index contributed by atoms with van der Waals surface area (Å²) in [5, 5.41) is 3.14. The molecule has 1 aliphatic rings. The number of likely N-dealkylation sites (N-methyl/N-ethyl adjacent to an activating group) is 1. The summed E-state index contributed by atoms with van der Waals surface area (Å²) in [6, 6.07) is 0.459. The van der Waals surface area contributed by atoms with E-state index in [0.717, 1.165) is 19.5 Å². The predicted molar refractivity (Wildman–Crippen MR) is 49.2 cm³/mol. The number of halogens is 3. The first-order valence-corrected chi connectivity index (χ1v) is 4.97. The van der Waals surface area contributed by atoms with E-state index in [1.807, 2.05) is 7.05 Å². The quantitative estimate of drug-likeness (QED) is 0.758. The van der Waals surface area contributed by atoms with Gasteiger partial charge < -0.3 is 10.2 Å². The lowest BCUT2D eigenvalue weighted by molar-refractivity contribution is -0.136. The largest absolute Gasteiger partial charge is 0.389 e. The molecule has 0 amide bonds. The van der Waals surface area contributed by atoms with Gasteiger partial charge in [0.15, 0.2) is 0 Å². The van der Waals surface area contributed by atoms with E-state index in [1.165, 1.54) is 0 Å². The van der Waals surface area contributed by atoms with E-state index >= 15 is 0 Å². The fourth-order valence-electron chi connectivity index (χ4n) is 1.77. The lowest BCUT2D eigenvalue weighted by atomic mass is 10.3. The molecule has 0 aromatic heterocycles. The van der Waals surface area contributed by atoms with Crippen LogP contribution in [0.25, 0.3) is 0 Å². The molecule has 0 aliphatic carbocycles. The average molecular weight is 210 g/mol. The zero-order valence-corrected chi connectivity index (χ0v) is 8.40. The van der Waals surface area contributed by atoms with Crippen LogP contribution < -0.4 is 5.32 Å². The van der Waals surface area contributed by atoms with Crippen LogP contribution in [0.3, 0.4) is 0 Å². The monoisotopic (exact) mass is 210 g/mol. The van der Waals surface area contributed by atoms with Crippen molar-refractivity contribution in [2.24, 2.45) is 0 Å². The SMILES string of the molecule is CNC1CCN(CCCC(F)(F)F)C1. The molecule has 0 radical (unpaired) electrons. The topological polar surface area (TPSA) is 15.3 Å². The van der Waals surface area contributed by atoms with Crippen LogP contribution in [0, 0.1) is 0 Å². The van der Waals surface area contributed by atoms with Gasteiger partial charge in [0.1, 0.15) is 0 Å². The van der Waals surface area contributed by atoms with Gasteiger partial charge in [-0.2, -0.15) is 13.2 Å². The minimum absolute atomic E-state index is 0.222. The second-order valence-electron chi connectivity index (χ2n) is 3.79. The van der Waals surface area contributed by atoms with Crippen LogP contribution in [0.15, 0.2) is 0 Å². The summed E-state index contributed by atoms with van der Waals surface area (Å²) in [6.45, 7) is 2.37. The molecule has 1 rings (SSSR count). The number of nitrogens with zero attached hydrogens (tertiary/aromatic N) is 1. The van der Waals surface area contributed by atoms with Crippen LogP contribution in [0.1, 0.15) is 19.3 Å². The number of likely N-dealkylation sites (tertiary alicyclic amines) is 1.